The molecule has 112 valence electrons. The highest BCUT2D eigenvalue weighted by Gasteiger charge is 2.37. The minimum absolute atomic E-state index is 0.0922. The van der Waals surface area contributed by atoms with Gasteiger partial charge in [0.2, 0.25) is 15.9 Å². The van der Waals surface area contributed by atoms with Crippen LogP contribution in [0.15, 0.2) is 22.8 Å². The Morgan fingerprint density at radius 2 is 2.35 bits per heavy atom. The van der Waals surface area contributed by atoms with E-state index in [4.69, 9.17) is 4.42 Å². The fourth-order valence-electron chi connectivity index (χ4n) is 2.42. The van der Waals surface area contributed by atoms with Gasteiger partial charge in [0, 0.05) is 6.54 Å². The van der Waals surface area contributed by atoms with Crippen molar-refractivity contribution in [2.45, 2.75) is 38.8 Å². The van der Waals surface area contributed by atoms with Gasteiger partial charge in [0.05, 0.1) is 18.6 Å². The number of carbonyl (C=O) groups excluding carboxylic acids is 1. The van der Waals surface area contributed by atoms with E-state index in [-0.39, 0.29) is 18.2 Å². The topological polar surface area (TPSA) is 79.6 Å². The highest BCUT2D eigenvalue weighted by molar-refractivity contribution is 7.89. The van der Waals surface area contributed by atoms with Crippen molar-refractivity contribution in [3.63, 3.8) is 0 Å². The summed E-state index contributed by atoms with van der Waals surface area (Å²) < 4.78 is 30.7. The van der Waals surface area contributed by atoms with Crippen LogP contribution in [0.5, 0.6) is 0 Å². The van der Waals surface area contributed by atoms with Crippen LogP contribution in [0.3, 0.4) is 0 Å². The Kier molecular flexibility index (Phi) is 4.82. The molecular formula is C13H20N2O4S. The van der Waals surface area contributed by atoms with Gasteiger partial charge in [-0.05, 0) is 31.4 Å². The molecule has 1 atom stereocenters. The van der Waals surface area contributed by atoms with Crippen molar-refractivity contribution in [1.82, 2.24) is 9.62 Å². The number of nitrogens with one attached hydrogen (secondary N) is 1. The largest absolute Gasteiger partial charge is 0.467 e. The SMILES string of the molecule is CCCS(=O)(=O)N1CCCC1C(=O)NCc1ccco1. The predicted octanol–water partition coefficient (Wildman–Crippen LogP) is 1.10. The molecule has 0 aromatic carbocycles. The van der Waals surface area contributed by atoms with Gasteiger partial charge in [0.1, 0.15) is 11.8 Å². The van der Waals surface area contributed by atoms with Gasteiger partial charge in [-0.15, -0.1) is 0 Å². The van der Waals surface area contributed by atoms with E-state index in [1.165, 1.54) is 10.6 Å². The molecule has 1 aliphatic heterocycles. The second kappa shape index (κ2) is 6.41. The standard InChI is InChI=1S/C13H20N2O4S/c1-2-9-20(17,18)15-7-3-6-12(15)13(16)14-10-11-5-4-8-19-11/h4-5,8,12H,2-3,6-7,9-10H2,1H3,(H,14,16). The van der Waals surface area contributed by atoms with E-state index in [1.54, 1.807) is 12.1 Å². The fraction of sp³-hybridized carbons (Fsp3) is 0.615. The van der Waals surface area contributed by atoms with Gasteiger partial charge in [-0.2, -0.15) is 4.31 Å². The van der Waals surface area contributed by atoms with Gasteiger partial charge in [0.25, 0.3) is 0 Å². The first-order valence-corrected chi connectivity index (χ1v) is 8.45. The third kappa shape index (κ3) is 3.40. The average molecular weight is 300 g/mol. The van der Waals surface area contributed by atoms with Crippen molar-refractivity contribution in [1.29, 1.82) is 0 Å². The van der Waals surface area contributed by atoms with Crippen LogP contribution >= 0.6 is 0 Å². The van der Waals surface area contributed by atoms with Crippen LogP contribution in [0.2, 0.25) is 0 Å². The summed E-state index contributed by atoms with van der Waals surface area (Å²) >= 11 is 0. The van der Waals surface area contributed by atoms with Crippen LogP contribution in [0.1, 0.15) is 31.9 Å². The van der Waals surface area contributed by atoms with Gasteiger partial charge in [-0.1, -0.05) is 6.92 Å². The van der Waals surface area contributed by atoms with Gasteiger partial charge < -0.3 is 9.73 Å². The minimum atomic E-state index is -3.33. The number of amides is 1. The Hall–Kier alpha value is -1.34. The lowest BCUT2D eigenvalue weighted by Gasteiger charge is -2.22. The molecule has 1 N–H and O–H groups in total. The lowest BCUT2D eigenvalue weighted by atomic mass is 10.2. The number of hydrogen-bond acceptors (Lipinski definition) is 4. The highest BCUT2D eigenvalue weighted by Crippen LogP contribution is 2.22. The molecule has 20 heavy (non-hydrogen) atoms. The fourth-order valence-corrected chi connectivity index (χ4v) is 4.16. The first-order chi connectivity index (χ1) is 9.54. The Labute approximate surface area is 119 Å². The molecule has 1 fully saturated rings. The molecule has 0 radical (unpaired) electrons. The molecule has 0 bridgehead atoms. The normalized spacial score (nSPS) is 20.1. The van der Waals surface area contributed by atoms with Crippen LogP contribution in [0, 0.1) is 0 Å². The Balaban J connectivity index is 1.98. The van der Waals surface area contributed by atoms with E-state index >= 15 is 0 Å². The number of hydrogen-bond donors (Lipinski definition) is 1. The molecule has 7 heteroatoms. The van der Waals surface area contributed by atoms with Gasteiger partial charge in [0.15, 0.2) is 0 Å². The summed E-state index contributed by atoms with van der Waals surface area (Å²) in [6, 6.07) is 2.93. The number of rotatable bonds is 6. The third-order valence-electron chi connectivity index (χ3n) is 3.34. The first-order valence-electron chi connectivity index (χ1n) is 6.84. The van der Waals surface area contributed by atoms with Gasteiger partial charge in [-0.25, -0.2) is 8.42 Å². The summed E-state index contributed by atoms with van der Waals surface area (Å²) in [5.41, 5.74) is 0. The van der Waals surface area contributed by atoms with E-state index in [9.17, 15) is 13.2 Å². The van der Waals surface area contributed by atoms with Crippen LogP contribution in [0.4, 0.5) is 0 Å². The number of carbonyl (C=O) groups is 1. The lowest BCUT2D eigenvalue weighted by Crippen LogP contribution is -2.46. The van der Waals surface area contributed by atoms with Gasteiger partial charge >= 0.3 is 0 Å². The van der Waals surface area contributed by atoms with E-state index in [0.717, 1.165) is 6.42 Å². The minimum Gasteiger partial charge on any atom is -0.467 e. The first kappa shape index (κ1) is 15.1. The summed E-state index contributed by atoms with van der Waals surface area (Å²) in [6.07, 6.45) is 3.39. The van der Waals surface area contributed by atoms with Crippen molar-refractivity contribution in [3.8, 4) is 0 Å². The van der Waals surface area contributed by atoms with Crippen molar-refractivity contribution in [2.75, 3.05) is 12.3 Å². The average Bonchev–Trinajstić information content (AvgIpc) is 3.07. The maximum absolute atomic E-state index is 12.1. The van der Waals surface area contributed by atoms with E-state index in [2.05, 4.69) is 5.32 Å². The summed E-state index contributed by atoms with van der Waals surface area (Å²) in [5, 5.41) is 2.73. The van der Waals surface area contributed by atoms with Crippen molar-refractivity contribution < 1.29 is 17.6 Å². The number of furan rings is 1. The molecule has 0 spiro atoms. The van der Waals surface area contributed by atoms with E-state index < -0.39 is 16.1 Å². The molecule has 0 saturated carbocycles. The molecule has 1 aliphatic rings. The monoisotopic (exact) mass is 300 g/mol. The maximum atomic E-state index is 12.1. The molecule has 2 heterocycles. The molecule has 1 amide bonds. The zero-order chi connectivity index (χ0) is 14.6. The van der Waals surface area contributed by atoms with Crippen LogP contribution in [-0.2, 0) is 21.4 Å². The molecular weight excluding hydrogens is 280 g/mol. The lowest BCUT2D eigenvalue weighted by molar-refractivity contribution is -0.124. The van der Waals surface area contributed by atoms with Crippen LogP contribution in [0.25, 0.3) is 0 Å². The van der Waals surface area contributed by atoms with Crippen molar-refractivity contribution in [2.24, 2.45) is 0 Å². The Bertz CT molecular complexity index is 539. The molecule has 0 aliphatic carbocycles. The highest BCUT2D eigenvalue weighted by atomic mass is 32.2. The number of nitrogens with zero attached hydrogens (tertiary/aromatic N) is 1. The predicted molar refractivity (Wildman–Crippen MR) is 74.4 cm³/mol. The quantitative estimate of drug-likeness (QED) is 0.853. The number of sulfonamides is 1. The Morgan fingerprint density at radius 1 is 1.55 bits per heavy atom. The molecule has 1 saturated heterocycles. The van der Waals surface area contributed by atoms with Crippen LogP contribution < -0.4 is 5.32 Å². The summed E-state index contributed by atoms with van der Waals surface area (Å²) in [4.78, 5) is 12.1. The van der Waals surface area contributed by atoms with E-state index in [0.29, 0.717) is 25.1 Å². The molecule has 1 aromatic heterocycles. The molecule has 6 nitrogen and oxygen atoms in total. The molecule has 2 rings (SSSR count). The van der Waals surface area contributed by atoms with Gasteiger partial charge in [-0.3, -0.25) is 4.79 Å². The van der Waals surface area contributed by atoms with Crippen LogP contribution in [-0.4, -0.2) is 37.0 Å². The summed E-state index contributed by atoms with van der Waals surface area (Å²) in [7, 11) is -3.33. The molecule has 1 aromatic rings. The zero-order valence-electron chi connectivity index (χ0n) is 11.5. The summed E-state index contributed by atoms with van der Waals surface area (Å²) in [6.45, 7) is 2.53. The maximum Gasteiger partial charge on any atom is 0.238 e. The van der Waals surface area contributed by atoms with Crippen molar-refractivity contribution in [3.05, 3.63) is 24.2 Å². The smallest absolute Gasteiger partial charge is 0.238 e. The zero-order valence-corrected chi connectivity index (χ0v) is 12.4. The second-order valence-electron chi connectivity index (χ2n) is 4.88. The van der Waals surface area contributed by atoms with Crippen molar-refractivity contribution >= 4 is 15.9 Å². The summed E-state index contributed by atoms with van der Waals surface area (Å²) in [5.74, 6) is 0.493. The van der Waals surface area contributed by atoms with E-state index in [1.807, 2.05) is 6.92 Å². The Morgan fingerprint density at radius 3 is 3.00 bits per heavy atom. The third-order valence-corrected chi connectivity index (χ3v) is 5.42. The second-order valence-corrected chi connectivity index (χ2v) is 6.92. The molecule has 1 unspecified atom stereocenters.